The minimum absolute atomic E-state index is 0.0904. The van der Waals surface area contributed by atoms with Gasteiger partial charge in [0.1, 0.15) is 0 Å². The van der Waals surface area contributed by atoms with Crippen molar-refractivity contribution < 1.29 is 23.5 Å². The summed E-state index contributed by atoms with van der Waals surface area (Å²) in [6.45, 7) is 8.16. The number of morpholine rings is 1. The van der Waals surface area contributed by atoms with Gasteiger partial charge in [-0.25, -0.2) is 0 Å². The number of Topliss-reactive ketones (excluding diaryl/α,β-unsaturated/α-hetero) is 1. The minimum atomic E-state index is -0.781. The first-order valence-corrected chi connectivity index (χ1v) is 14.9. The Labute approximate surface area is 234 Å². The molecule has 212 valence electrons. The van der Waals surface area contributed by atoms with Crippen molar-refractivity contribution in [2.24, 2.45) is 11.8 Å². The number of ether oxygens (including phenoxy) is 1. The van der Waals surface area contributed by atoms with E-state index in [0.717, 1.165) is 51.4 Å². The molecule has 2 N–H and O–H groups in total. The van der Waals surface area contributed by atoms with Gasteiger partial charge in [-0.05, 0) is 37.3 Å². The lowest BCUT2D eigenvalue weighted by Gasteiger charge is -2.32. The summed E-state index contributed by atoms with van der Waals surface area (Å²) in [7, 11) is 0. The van der Waals surface area contributed by atoms with Crippen LogP contribution < -0.4 is 10.6 Å². The van der Waals surface area contributed by atoms with Gasteiger partial charge in [0, 0.05) is 37.0 Å². The number of thioether (sulfide) groups is 1. The number of ketones is 1. The molecule has 4 rings (SSSR count). The summed E-state index contributed by atoms with van der Waals surface area (Å²) < 4.78 is 11.1. The van der Waals surface area contributed by atoms with Crippen molar-refractivity contribution in [3.63, 3.8) is 0 Å². The van der Waals surface area contributed by atoms with E-state index in [1.807, 2.05) is 32.0 Å². The van der Waals surface area contributed by atoms with Crippen LogP contribution in [-0.4, -0.2) is 83.4 Å². The highest BCUT2D eigenvalue weighted by Gasteiger charge is 2.35. The highest BCUT2D eigenvalue weighted by molar-refractivity contribution is 7.99. The average Bonchev–Trinajstić information content (AvgIpc) is 3.42. The van der Waals surface area contributed by atoms with Crippen LogP contribution in [0.15, 0.2) is 40.0 Å². The molecule has 2 fully saturated rings. The molecule has 1 aliphatic heterocycles. The van der Waals surface area contributed by atoms with Crippen molar-refractivity contribution in [3.8, 4) is 0 Å². The van der Waals surface area contributed by atoms with Crippen LogP contribution >= 0.6 is 11.8 Å². The van der Waals surface area contributed by atoms with E-state index < -0.39 is 12.0 Å². The maximum atomic E-state index is 13.5. The molecule has 1 aliphatic carbocycles. The van der Waals surface area contributed by atoms with E-state index in [-0.39, 0.29) is 35.4 Å². The SMILES string of the molecule is CC(C)C[C@H](NC(=O)[C@@H]1CCCC[C@@H]1NC(=O)c1ccccc1)C(=O)c1nnc(SCCN2CCOCC2)o1. The molecular weight excluding hydrogens is 518 g/mol. The third-order valence-corrected chi connectivity index (χ3v) is 7.95. The molecule has 2 aliphatic rings. The van der Waals surface area contributed by atoms with Crippen LogP contribution in [0, 0.1) is 11.8 Å². The van der Waals surface area contributed by atoms with Crippen molar-refractivity contribution in [1.82, 2.24) is 25.7 Å². The Kier molecular flexibility index (Phi) is 10.9. The van der Waals surface area contributed by atoms with Gasteiger partial charge in [0.2, 0.25) is 11.7 Å². The first-order chi connectivity index (χ1) is 18.9. The van der Waals surface area contributed by atoms with E-state index in [1.165, 1.54) is 11.8 Å². The molecular formula is C28H39N5O5S. The first-order valence-electron chi connectivity index (χ1n) is 13.9. The molecule has 0 spiro atoms. The molecule has 1 saturated carbocycles. The molecule has 0 radical (unpaired) electrons. The zero-order valence-corrected chi connectivity index (χ0v) is 23.6. The maximum absolute atomic E-state index is 13.5. The quantitative estimate of drug-likeness (QED) is 0.299. The number of nitrogens with zero attached hydrogens (tertiary/aromatic N) is 3. The molecule has 2 heterocycles. The summed E-state index contributed by atoms with van der Waals surface area (Å²) in [5.74, 6) is -0.393. The third-order valence-electron chi connectivity index (χ3n) is 7.15. The lowest BCUT2D eigenvalue weighted by Crippen LogP contribution is -2.52. The predicted octanol–water partition coefficient (Wildman–Crippen LogP) is 3.20. The molecule has 39 heavy (non-hydrogen) atoms. The van der Waals surface area contributed by atoms with Gasteiger partial charge in [-0.15, -0.1) is 10.2 Å². The van der Waals surface area contributed by atoms with Crippen LogP contribution in [0.2, 0.25) is 0 Å². The molecule has 2 aromatic rings. The molecule has 1 aromatic heterocycles. The van der Waals surface area contributed by atoms with Gasteiger partial charge in [-0.2, -0.15) is 0 Å². The Morgan fingerprint density at radius 3 is 2.56 bits per heavy atom. The van der Waals surface area contributed by atoms with Crippen LogP contribution in [0.1, 0.15) is 67.0 Å². The molecule has 2 amide bonds. The van der Waals surface area contributed by atoms with Crippen LogP contribution in [0.4, 0.5) is 0 Å². The Balaban J connectivity index is 1.36. The predicted molar refractivity (Wildman–Crippen MR) is 148 cm³/mol. The molecule has 1 aromatic carbocycles. The fraction of sp³-hybridized carbons (Fsp3) is 0.607. The average molecular weight is 558 g/mol. The second-order valence-corrected chi connectivity index (χ2v) is 11.6. The van der Waals surface area contributed by atoms with Crippen molar-refractivity contribution >= 4 is 29.4 Å². The summed E-state index contributed by atoms with van der Waals surface area (Å²) in [5, 5.41) is 14.4. The third kappa shape index (κ3) is 8.61. The molecule has 10 nitrogen and oxygen atoms in total. The monoisotopic (exact) mass is 557 g/mol. The summed E-state index contributed by atoms with van der Waals surface area (Å²) in [6, 6.07) is 7.92. The zero-order chi connectivity index (χ0) is 27.6. The number of hydrogen-bond acceptors (Lipinski definition) is 9. The van der Waals surface area contributed by atoms with Crippen LogP contribution in [0.25, 0.3) is 0 Å². The highest BCUT2D eigenvalue weighted by atomic mass is 32.2. The summed E-state index contributed by atoms with van der Waals surface area (Å²) in [5.41, 5.74) is 0.560. The van der Waals surface area contributed by atoms with Gasteiger partial charge in [-0.1, -0.05) is 56.7 Å². The van der Waals surface area contributed by atoms with Gasteiger partial charge >= 0.3 is 0 Å². The van der Waals surface area contributed by atoms with Crippen LogP contribution in [-0.2, 0) is 9.53 Å². The first kappa shape index (κ1) is 29.2. The Bertz CT molecular complexity index is 1090. The fourth-order valence-corrected chi connectivity index (χ4v) is 5.80. The standard InChI is InChI=1S/C28H39N5O5S/c1-19(2)18-23(24(34)27-31-32-28(38-27)39-17-14-33-12-15-37-16-13-33)30-26(36)21-10-6-7-11-22(21)29-25(35)20-8-4-3-5-9-20/h3-5,8-9,19,21-23H,6-7,10-18H2,1-2H3,(H,29,35)(H,30,36)/t21-,22+,23+/m1/s1. The van der Waals surface area contributed by atoms with Crippen molar-refractivity contribution in [2.75, 3.05) is 38.6 Å². The van der Waals surface area contributed by atoms with E-state index in [2.05, 4.69) is 25.7 Å². The Morgan fingerprint density at radius 1 is 1.08 bits per heavy atom. The lowest BCUT2D eigenvalue weighted by atomic mass is 9.83. The van der Waals surface area contributed by atoms with Crippen molar-refractivity contribution in [2.45, 2.75) is 63.3 Å². The lowest BCUT2D eigenvalue weighted by molar-refractivity contribution is -0.127. The number of amides is 2. The number of benzene rings is 1. The number of nitrogens with one attached hydrogen (secondary N) is 2. The smallest absolute Gasteiger partial charge is 0.286 e. The number of aromatic nitrogens is 2. The normalized spacial score (nSPS) is 20.9. The second kappa shape index (κ2) is 14.6. The van der Waals surface area contributed by atoms with E-state index in [0.29, 0.717) is 30.0 Å². The topological polar surface area (TPSA) is 127 Å². The van der Waals surface area contributed by atoms with Gasteiger partial charge in [-0.3, -0.25) is 19.3 Å². The number of rotatable bonds is 12. The summed E-state index contributed by atoms with van der Waals surface area (Å²) in [6.07, 6.45) is 3.64. The minimum Gasteiger partial charge on any atom is -0.408 e. The van der Waals surface area contributed by atoms with E-state index >= 15 is 0 Å². The fourth-order valence-electron chi connectivity index (χ4n) is 5.04. The maximum Gasteiger partial charge on any atom is 0.286 e. The Hall–Kier alpha value is -2.76. The van der Waals surface area contributed by atoms with Gasteiger partial charge in [0.15, 0.2) is 0 Å². The molecule has 3 atom stereocenters. The molecule has 0 bridgehead atoms. The van der Waals surface area contributed by atoms with E-state index in [4.69, 9.17) is 9.15 Å². The summed E-state index contributed by atoms with van der Waals surface area (Å²) in [4.78, 5) is 41.9. The zero-order valence-electron chi connectivity index (χ0n) is 22.8. The molecule has 11 heteroatoms. The van der Waals surface area contributed by atoms with Gasteiger partial charge in [0.05, 0.1) is 25.2 Å². The number of carbonyl (C=O) groups excluding carboxylic acids is 3. The highest BCUT2D eigenvalue weighted by Crippen LogP contribution is 2.26. The van der Waals surface area contributed by atoms with E-state index in [1.54, 1.807) is 12.1 Å². The Morgan fingerprint density at radius 2 is 1.82 bits per heavy atom. The van der Waals surface area contributed by atoms with Gasteiger partial charge < -0.3 is 19.8 Å². The number of carbonyl (C=O) groups is 3. The van der Waals surface area contributed by atoms with Crippen molar-refractivity contribution in [1.29, 1.82) is 0 Å². The van der Waals surface area contributed by atoms with Crippen LogP contribution in [0.3, 0.4) is 0 Å². The van der Waals surface area contributed by atoms with Crippen LogP contribution in [0.5, 0.6) is 0 Å². The number of hydrogen-bond donors (Lipinski definition) is 2. The molecule has 0 unspecified atom stereocenters. The van der Waals surface area contributed by atoms with Gasteiger partial charge in [0.25, 0.3) is 17.0 Å². The van der Waals surface area contributed by atoms with Crippen molar-refractivity contribution in [3.05, 3.63) is 41.8 Å². The molecule has 1 saturated heterocycles. The summed E-state index contributed by atoms with van der Waals surface area (Å²) >= 11 is 1.42. The second-order valence-electron chi connectivity index (χ2n) is 10.6. The van der Waals surface area contributed by atoms with E-state index in [9.17, 15) is 14.4 Å². The largest absolute Gasteiger partial charge is 0.408 e.